The highest BCUT2D eigenvalue weighted by atomic mass is 16.6. The van der Waals surface area contributed by atoms with Crippen molar-refractivity contribution in [2.45, 2.75) is 77.7 Å². The Hall–Kier alpha value is -3.72. The lowest BCUT2D eigenvalue weighted by molar-refractivity contribution is -0.163. The lowest BCUT2D eigenvalue weighted by Gasteiger charge is -2.29. The maximum Gasteiger partial charge on any atom is 0.408 e. The second-order valence-corrected chi connectivity index (χ2v) is 10.7. The van der Waals surface area contributed by atoms with Gasteiger partial charge in [-0.05, 0) is 51.2 Å². The summed E-state index contributed by atoms with van der Waals surface area (Å²) in [6, 6.07) is 17.1. The Morgan fingerprint density at radius 3 is 2.15 bits per heavy atom. The molecule has 0 bridgehead atoms. The van der Waals surface area contributed by atoms with Crippen molar-refractivity contribution in [1.82, 2.24) is 10.2 Å². The fourth-order valence-corrected chi connectivity index (χ4v) is 4.46. The molecule has 1 saturated heterocycles. The van der Waals surface area contributed by atoms with Crippen molar-refractivity contribution in [3.63, 3.8) is 0 Å². The van der Waals surface area contributed by atoms with E-state index in [0.29, 0.717) is 19.4 Å². The minimum Gasteiger partial charge on any atom is -0.458 e. The van der Waals surface area contributed by atoms with Crippen LogP contribution >= 0.6 is 0 Å². The molecule has 9 heteroatoms. The minimum atomic E-state index is -0.865. The summed E-state index contributed by atoms with van der Waals surface area (Å²) in [7, 11) is 0. The first-order chi connectivity index (χ1) is 18.0. The Morgan fingerprint density at radius 2 is 1.56 bits per heavy atom. The first kappa shape index (κ1) is 31.5. The first-order valence-electron chi connectivity index (χ1n) is 13.1. The van der Waals surface area contributed by atoms with Crippen molar-refractivity contribution < 1.29 is 34.1 Å². The summed E-state index contributed by atoms with van der Waals surface area (Å²) >= 11 is 0. The predicted octanol–water partition coefficient (Wildman–Crippen LogP) is 3.63. The van der Waals surface area contributed by atoms with Gasteiger partial charge in [0.2, 0.25) is 5.91 Å². The van der Waals surface area contributed by atoms with Crippen molar-refractivity contribution in [2.24, 2.45) is 5.92 Å². The number of alkyl carbamates (subject to hydrolysis) is 1. The standard InChI is InChI=1S/C30H38N2O6.H2O/c1-21(27(34)32-17-11-16-25(32)28(35)38-30(2,3)4)18-26(33)24(19-22-12-7-5-8-13-22)31-29(36)37-20-23-14-9-6-10-15-23;/h5-10,12-15,21,24-25H,11,16-20H2,1-4H3,(H,31,36);1H2/t21-,24+,25-;/m0./s1. The molecule has 212 valence electrons. The van der Waals surface area contributed by atoms with E-state index in [2.05, 4.69) is 5.32 Å². The maximum atomic E-state index is 13.4. The van der Waals surface area contributed by atoms with Gasteiger partial charge in [0.25, 0.3) is 0 Å². The molecule has 3 N–H and O–H groups in total. The summed E-state index contributed by atoms with van der Waals surface area (Å²) in [4.78, 5) is 53.4. The average molecular weight is 541 g/mol. The lowest BCUT2D eigenvalue weighted by Crippen LogP contribution is -2.47. The monoisotopic (exact) mass is 540 g/mol. The second kappa shape index (κ2) is 14.4. The molecule has 0 aromatic heterocycles. The zero-order valence-corrected chi connectivity index (χ0v) is 23.1. The van der Waals surface area contributed by atoms with E-state index < -0.39 is 35.7 Å². The van der Waals surface area contributed by atoms with Crippen molar-refractivity contribution in [3.05, 3.63) is 71.8 Å². The molecule has 1 fully saturated rings. The highest BCUT2D eigenvalue weighted by Crippen LogP contribution is 2.24. The van der Waals surface area contributed by atoms with E-state index in [4.69, 9.17) is 9.47 Å². The number of hydrogen-bond donors (Lipinski definition) is 1. The van der Waals surface area contributed by atoms with Gasteiger partial charge in [0.1, 0.15) is 18.2 Å². The molecular weight excluding hydrogens is 500 g/mol. The van der Waals surface area contributed by atoms with Crippen LogP contribution in [0.2, 0.25) is 0 Å². The van der Waals surface area contributed by atoms with Gasteiger partial charge in [-0.25, -0.2) is 9.59 Å². The lowest BCUT2D eigenvalue weighted by atomic mass is 9.94. The predicted molar refractivity (Wildman–Crippen MR) is 147 cm³/mol. The molecule has 2 aromatic rings. The number of amides is 2. The van der Waals surface area contributed by atoms with E-state index in [0.717, 1.165) is 11.1 Å². The molecule has 0 radical (unpaired) electrons. The summed E-state index contributed by atoms with van der Waals surface area (Å²) in [6.07, 6.45) is 0.721. The van der Waals surface area contributed by atoms with E-state index in [9.17, 15) is 19.2 Å². The van der Waals surface area contributed by atoms with Crippen LogP contribution in [0.1, 0.15) is 58.1 Å². The Balaban J connectivity index is 0.00000533. The van der Waals surface area contributed by atoms with Crippen LogP contribution in [0, 0.1) is 5.92 Å². The molecule has 1 heterocycles. The zero-order chi connectivity index (χ0) is 27.7. The molecule has 1 aliphatic rings. The van der Waals surface area contributed by atoms with Gasteiger partial charge in [0.15, 0.2) is 5.78 Å². The zero-order valence-electron chi connectivity index (χ0n) is 23.1. The quantitative estimate of drug-likeness (QED) is 0.458. The third-order valence-electron chi connectivity index (χ3n) is 6.32. The fraction of sp³-hybridized carbons (Fsp3) is 0.467. The molecule has 3 atom stereocenters. The molecule has 3 rings (SSSR count). The number of Topliss-reactive ketones (excluding diaryl/α,β-unsaturated/α-hetero) is 1. The SMILES string of the molecule is C[C@@H](CC(=O)[C@@H](Cc1ccccc1)NC(=O)OCc1ccccc1)C(=O)N1CCC[C@H]1C(=O)OC(C)(C)C.O. The Kier molecular flexibility index (Phi) is 11.7. The first-order valence-corrected chi connectivity index (χ1v) is 13.1. The van der Waals surface area contributed by atoms with E-state index in [1.165, 1.54) is 4.90 Å². The van der Waals surface area contributed by atoms with Crippen LogP contribution in [-0.4, -0.2) is 58.4 Å². The van der Waals surface area contributed by atoms with Crippen molar-refractivity contribution in [3.8, 4) is 0 Å². The van der Waals surface area contributed by atoms with E-state index >= 15 is 0 Å². The van der Waals surface area contributed by atoms with Crippen LogP contribution in [0.4, 0.5) is 4.79 Å². The number of nitrogens with one attached hydrogen (secondary N) is 1. The molecule has 0 aliphatic carbocycles. The van der Waals surface area contributed by atoms with Crippen LogP contribution in [0.5, 0.6) is 0 Å². The van der Waals surface area contributed by atoms with Gasteiger partial charge in [-0.2, -0.15) is 0 Å². The van der Waals surface area contributed by atoms with Crippen LogP contribution in [-0.2, 0) is 36.9 Å². The summed E-state index contributed by atoms with van der Waals surface area (Å²) in [6.45, 7) is 7.57. The number of ether oxygens (including phenoxy) is 2. The topological polar surface area (TPSA) is 134 Å². The second-order valence-electron chi connectivity index (χ2n) is 10.7. The number of benzene rings is 2. The van der Waals surface area contributed by atoms with Gasteiger partial charge >= 0.3 is 12.1 Å². The van der Waals surface area contributed by atoms with Gasteiger partial charge in [0, 0.05) is 18.9 Å². The fourth-order valence-electron chi connectivity index (χ4n) is 4.46. The Labute approximate surface area is 230 Å². The summed E-state index contributed by atoms with van der Waals surface area (Å²) in [5.41, 5.74) is 1.05. The molecule has 0 unspecified atom stereocenters. The minimum absolute atomic E-state index is 0. The molecule has 0 saturated carbocycles. The Morgan fingerprint density at radius 1 is 0.974 bits per heavy atom. The third kappa shape index (κ3) is 9.83. The van der Waals surface area contributed by atoms with Crippen molar-refractivity contribution >= 4 is 23.8 Å². The molecule has 0 spiro atoms. The maximum absolute atomic E-state index is 13.4. The van der Waals surface area contributed by atoms with Crippen molar-refractivity contribution in [2.75, 3.05) is 6.54 Å². The van der Waals surface area contributed by atoms with Crippen LogP contribution in [0.15, 0.2) is 60.7 Å². The molecule has 9 nitrogen and oxygen atoms in total. The van der Waals surface area contributed by atoms with Crippen molar-refractivity contribution in [1.29, 1.82) is 0 Å². The van der Waals surface area contributed by atoms with Crippen LogP contribution < -0.4 is 5.32 Å². The largest absolute Gasteiger partial charge is 0.458 e. The van der Waals surface area contributed by atoms with E-state index in [-0.39, 0.29) is 36.6 Å². The summed E-state index contributed by atoms with van der Waals surface area (Å²) < 4.78 is 10.8. The highest BCUT2D eigenvalue weighted by Gasteiger charge is 2.39. The molecular formula is C30H40N2O7. The number of carbonyl (C=O) groups excluding carboxylic acids is 4. The Bertz CT molecular complexity index is 1100. The smallest absolute Gasteiger partial charge is 0.408 e. The molecule has 2 aromatic carbocycles. The van der Waals surface area contributed by atoms with Gasteiger partial charge in [-0.1, -0.05) is 67.6 Å². The number of hydrogen-bond acceptors (Lipinski definition) is 6. The van der Waals surface area contributed by atoms with E-state index in [1.54, 1.807) is 27.7 Å². The molecule has 1 aliphatic heterocycles. The normalized spacial score (nSPS) is 16.4. The summed E-state index contributed by atoms with van der Waals surface area (Å²) in [5.74, 6) is -1.63. The van der Waals surface area contributed by atoms with E-state index in [1.807, 2.05) is 60.7 Å². The van der Waals surface area contributed by atoms with Gasteiger partial charge in [-0.15, -0.1) is 0 Å². The number of carbonyl (C=O) groups is 4. The molecule has 39 heavy (non-hydrogen) atoms. The molecule has 2 amide bonds. The van der Waals surface area contributed by atoms with Gasteiger partial charge < -0.3 is 25.2 Å². The third-order valence-corrected chi connectivity index (χ3v) is 6.32. The number of rotatable bonds is 10. The highest BCUT2D eigenvalue weighted by molar-refractivity contribution is 5.93. The average Bonchev–Trinajstić information content (AvgIpc) is 3.37. The number of ketones is 1. The number of esters is 1. The van der Waals surface area contributed by atoms with Crippen LogP contribution in [0.25, 0.3) is 0 Å². The number of likely N-dealkylation sites (tertiary alicyclic amines) is 1. The number of nitrogens with zero attached hydrogens (tertiary/aromatic N) is 1. The van der Waals surface area contributed by atoms with Crippen LogP contribution in [0.3, 0.4) is 0 Å². The van der Waals surface area contributed by atoms with Gasteiger partial charge in [0.05, 0.1) is 6.04 Å². The van der Waals surface area contributed by atoms with Gasteiger partial charge in [-0.3, -0.25) is 9.59 Å². The summed E-state index contributed by atoms with van der Waals surface area (Å²) in [5, 5.41) is 2.69.